The van der Waals surface area contributed by atoms with Gasteiger partial charge >= 0.3 is 29.6 Å². The predicted molar refractivity (Wildman–Crippen MR) is 156 cm³/mol. The standard InChI is InChI=1S/C30H36N2O7S2.Na/c1-29(2)23-18-21(40(34,35)36)11-13-25(23)31(5)27(29)15-9-20(8-7-17-33)10-16-28-30(3,4)24-19-22(41(37,38)39)12-14-26(24)32(28)6;/h9-16,18-19,33H,7-8,17H2,1-6H3,(H-,34,35,36,37,38,39);/q;+1/p-1. The van der Waals surface area contributed by atoms with Gasteiger partial charge in [0, 0.05) is 48.2 Å². The van der Waals surface area contributed by atoms with Crippen LogP contribution in [0.4, 0.5) is 11.4 Å². The third-order valence-electron chi connectivity index (χ3n) is 8.12. The van der Waals surface area contributed by atoms with Gasteiger partial charge in [0.2, 0.25) is 5.69 Å². The van der Waals surface area contributed by atoms with Crippen LogP contribution in [0.2, 0.25) is 0 Å². The summed E-state index contributed by atoms with van der Waals surface area (Å²) in [6, 6.07) is 8.84. The number of allylic oxidation sites excluding steroid dienone is 6. The topological polar surface area (TPSA) is 141 Å². The van der Waals surface area contributed by atoms with Crippen molar-refractivity contribution in [3.8, 4) is 0 Å². The van der Waals surface area contributed by atoms with Crippen molar-refractivity contribution < 1.29 is 65.2 Å². The molecular weight excluding hydrogens is 587 g/mol. The van der Waals surface area contributed by atoms with E-state index in [-0.39, 0.29) is 46.0 Å². The van der Waals surface area contributed by atoms with Crippen molar-refractivity contribution in [2.75, 3.05) is 25.6 Å². The Morgan fingerprint density at radius 2 is 1.52 bits per heavy atom. The van der Waals surface area contributed by atoms with E-state index >= 15 is 0 Å². The number of likely N-dealkylation sites (N-methyl/N-ethyl adjacent to an activating group) is 1. The molecule has 2 aromatic carbocycles. The van der Waals surface area contributed by atoms with Crippen LogP contribution in [0.1, 0.15) is 51.7 Å². The van der Waals surface area contributed by atoms with E-state index in [1.165, 1.54) is 24.3 Å². The molecule has 0 unspecified atom stereocenters. The third kappa shape index (κ3) is 6.39. The van der Waals surface area contributed by atoms with Crippen LogP contribution in [0.5, 0.6) is 0 Å². The number of aliphatic hydroxyl groups excluding tert-OH is 1. The van der Waals surface area contributed by atoms with Gasteiger partial charge in [0.15, 0.2) is 5.71 Å². The first-order chi connectivity index (χ1) is 18.9. The molecule has 2 aromatic rings. The Kier molecular flexibility index (Phi) is 9.93. The quantitative estimate of drug-likeness (QED) is 0.200. The number of nitrogens with zero attached hydrogens (tertiary/aromatic N) is 2. The van der Waals surface area contributed by atoms with E-state index in [0.717, 1.165) is 39.5 Å². The van der Waals surface area contributed by atoms with Crippen molar-refractivity contribution in [2.24, 2.45) is 0 Å². The number of rotatable bonds is 8. The van der Waals surface area contributed by atoms with Gasteiger partial charge in [-0.1, -0.05) is 26.0 Å². The molecule has 0 fully saturated rings. The second kappa shape index (κ2) is 12.1. The monoisotopic (exact) mass is 622 g/mol. The van der Waals surface area contributed by atoms with Crippen LogP contribution in [0.25, 0.3) is 0 Å². The van der Waals surface area contributed by atoms with E-state index in [1.807, 2.05) is 75.6 Å². The van der Waals surface area contributed by atoms with E-state index in [9.17, 15) is 31.0 Å². The third-order valence-corrected chi connectivity index (χ3v) is 9.78. The van der Waals surface area contributed by atoms with Crippen molar-refractivity contribution in [2.45, 2.75) is 61.2 Å². The SMILES string of the molecule is CN1\C(=C/C=C(/C=C\C2=[N+](C)c3ccc(S(=O)(=O)[O-])cc3C2(C)C)CCCO)C(C)(C)c2cc(S(=O)(=O)[O-])ccc21.[Na+]. The molecule has 2 aliphatic rings. The Morgan fingerprint density at radius 3 is 2.10 bits per heavy atom. The Bertz CT molecular complexity index is 1750. The summed E-state index contributed by atoms with van der Waals surface area (Å²) in [5.41, 5.74) is 4.73. The van der Waals surface area contributed by atoms with Gasteiger partial charge in [-0.25, -0.2) is 16.8 Å². The molecule has 220 valence electrons. The molecule has 0 saturated carbocycles. The number of fused-ring (bicyclic) bond motifs is 2. The molecular formula is C30H35N2NaO7S2. The minimum absolute atomic E-state index is 0. The average Bonchev–Trinajstić information content (AvgIpc) is 3.19. The number of hydrogen-bond donors (Lipinski definition) is 1. The number of anilines is 1. The van der Waals surface area contributed by atoms with Gasteiger partial charge in [0.1, 0.15) is 27.3 Å². The largest absolute Gasteiger partial charge is 1.00 e. The molecule has 0 aliphatic carbocycles. The van der Waals surface area contributed by atoms with Crippen molar-refractivity contribution in [3.05, 3.63) is 83.1 Å². The molecule has 0 saturated heterocycles. The first-order valence-corrected chi connectivity index (χ1v) is 16.0. The van der Waals surface area contributed by atoms with Crippen molar-refractivity contribution in [1.29, 1.82) is 0 Å². The smallest absolute Gasteiger partial charge is 0.744 e. The van der Waals surface area contributed by atoms with Gasteiger partial charge in [0.25, 0.3) is 0 Å². The van der Waals surface area contributed by atoms with Crippen LogP contribution >= 0.6 is 0 Å². The van der Waals surface area contributed by atoms with Crippen LogP contribution in [0.3, 0.4) is 0 Å². The van der Waals surface area contributed by atoms with Gasteiger partial charge in [0.05, 0.1) is 15.2 Å². The fraction of sp³-hybridized carbons (Fsp3) is 0.367. The van der Waals surface area contributed by atoms with Crippen molar-refractivity contribution in [3.63, 3.8) is 0 Å². The molecule has 2 aliphatic heterocycles. The van der Waals surface area contributed by atoms with E-state index in [2.05, 4.69) is 0 Å². The Balaban J connectivity index is 0.00000484. The van der Waals surface area contributed by atoms with Crippen LogP contribution in [0.15, 0.2) is 81.8 Å². The van der Waals surface area contributed by atoms with Crippen molar-refractivity contribution in [1.82, 2.24) is 0 Å². The minimum atomic E-state index is -4.59. The van der Waals surface area contributed by atoms with E-state index in [0.29, 0.717) is 12.8 Å². The van der Waals surface area contributed by atoms with Gasteiger partial charge in [-0.3, -0.25) is 0 Å². The molecule has 0 bridgehead atoms. The average molecular weight is 623 g/mol. The summed E-state index contributed by atoms with van der Waals surface area (Å²) in [7, 11) is -5.40. The summed E-state index contributed by atoms with van der Waals surface area (Å²) >= 11 is 0. The normalized spacial score (nSPS) is 18.9. The molecule has 42 heavy (non-hydrogen) atoms. The second-order valence-corrected chi connectivity index (χ2v) is 14.2. The zero-order chi connectivity index (χ0) is 30.5. The molecule has 0 atom stereocenters. The molecule has 0 amide bonds. The van der Waals surface area contributed by atoms with Crippen molar-refractivity contribution >= 4 is 37.3 Å². The number of benzene rings is 2. The molecule has 0 radical (unpaired) electrons. The van der Waals surface area contributed by atoms with Crippen LogP contribution < -0.4 is 34.5 Å². The fourth-order valence-electron chi connectivity index (χ4n) is 5.82. The summed E-state index contributed by atoms with van der Waals surface area (Å²) in [5.74, 6) is 0. The zero-order valence-corrected chi connectivity index (χ0v) is 28.6. The summed E-state index contributed by atoms with van der Waals surface area (Å²) in [6.45, 7) is 7.90. The Hall–Kier alpha value is -2.09. The molecule has 9 nitrogen and oxygen atoms in total. The molecule has 1 N–H and O–H groups in total. The molecule has 4 rings (SSSR count). The van der Waals surface area contributed by atoms with Gasteiger partial charge in [-0.15, -0.1) is 0 Å². The molecule has 0 aromatic heterocycles. The summed E-state index contributed by atoms with van der Waals surface area (Å²) in [4.78, 5) is 1.45. The maximum Gasteiger partial charge on any atom is 1.00 e. The van der Waals surface area contributed by atoms with Gasteiger partial charge < -0.3 is 19.1 Å². The minimum Gasteiger partial charge on any atom is -0.744 e. The van der Waals surface area contributed by atoms with E-state index in [1.54, 1.807) is 12.1 Å². The first kappa shape index (κ1) is 34.4. The van der Waals surface area contributed by atoms with E-state index in [4.69, 9.17) is 0 Å². The van der Waals surface area contributed by atoms with Crippen LogP contribution in [-0.2, 0) is 31.1 Å². The summed E-state index contributed by atoms with van der Waals surface area (Å²) in [5, 5.41) is 9.51. The number of hydrogen-bond acceptors (Lipinski definition) is 8. The van der Waals surface area contributed by atoms with Gasteiger partial charge in [-0.2, -0.15) is 4.58 Å². The summed E-state index contributed by atoms with van der Waals surface area (Å²) in [6.07, 6.45) is 9.01. The Morgan fingerprint density at radius 1 is 0.952 bits per heavy atom. The second-order valence-electron chi connectivity index (χ2n) is 11.5. The maximum absolute atomic E-state index is 11.6. The molecule has 12 heteroatoms. The zero-order valence-electron chi connectivity index (χ0n) is 25.0. The summed E-state index contributed by atoms with van der Waals surface area (Å²) < 4.78 is 71.8. The number of aliphatic hydroxyl groups is 1. The molecule has 2 heterocycles. The van der Waals surface area contributed by atoms with Gasteiger partial charge in [-0.05, 0) is 74.2 Å². The maximum atomic E-state index is 11.6. The van der Waals surface area contributed by atoms with Crippen LogP contribution in [0, 0.1) is 0 Å². The molecule has 0 spiro atoms. The van der Waals surface area contributed by atoms with E-state index < -0.39 is 31.1 Å². The first-order valence-electron chi connectivity index (χ1n) is 13.2. The fourth-order valence-corrected chi connectivity index (χ4v) is 6.81. The predicted octanol–water partition coefficient (Wildman–Crippen LogP) is 1.07. The van der Waals surface area contributed by atoms with Crippen LogP contribution in [-0.4, -0.2) is 62.0 Å². The Labute approximate surface area is 270 Å².